The molecular weight excluding hydrogens is 328 g/mol. The lowest BCUT2D eigenvalue weighted by Crippen LogP contribution is -2.43. The molecule has 19 heavy (non-hydrogen) atoms. The number of rotatable bonds is 4. The Morgan fingerprint density at radius 3 is 2.84 bits per heavy atom. The van der Waals surface area contributed by atoms with Crippen molar-refractivity contribution in [2.45, 2.75) is 31.8 Å². The molecule has 1 unspecified atom stereocenters. The van der Waals surface area contributed by atoms with Crippen LogP contribution in [-0.2, 0) is 6.54 Å². The van der Waals surface area contributed by atoms with Gasteiger partial charge < -0.3 is 10.5 Å². The van der Waals surface area contributed by atoms with Gasteiger partial charge in [0.05, 0.1) is 11.6 Å². The van der Waals surface area contributed by atoms with Crippen LogP contribution in [0.3, 0.4) is 0 Å². The lowest BCUT2D eigenvalue weighted by Gasteiger charge is -2.35. The fraction of sp³-hybridized carbons (Fsp3) is 0.571. The minimum Gasteiger partial charge on any atom is -0.496 e. The minimum atomic E-state index is 0. The van der Waals surface area contributed by atoms with E-state index in [-0.39, 0.29) is 12.4 Å². The molecule has 1 aromatic carbocycles. The maximum absolute atomic E-state index is 5.85. The van der Waals surface area contributed by atoms with Crippen LogP contribution < -0.4 is 10.5 Å². The fourth-order valence-electron chi connectivity index (χ4n) is 2.58. The molecule has 5 heteroatoms. The van der Waals surface area contributed by atoms with Crippen molar-refractivity contribution in [2.24, 2.45) is 5.73 Å². The van der Waals surface area contributed by atoms with Gasteiger partial charge in [-0.1, -0.05) is 12.5 Å². The number of methoxy groups -OCH3 is 1. The highest BCUT2D eigenvalue weighted by atomic mass is 79.9. The van der Waals surface area contributed by atoms with E-state index in [1.807, 2.05) is 6.07 Å². The van der Waals surface area contributed by atoms with E-state index < -0.39 is 0 Å². The Morgan fingerprint density at radius 2 is 2.21 bits per heavy atom. The van der Waals surface area contributed by atoms with Gasteiger partial charge in [-0.3, -0.25) is 4.90 Å². The van der Waals surface area contributed by atoms with E-state index in [1.54, 1.807) is 7.11 Å². The van der Waals surface area contributed by atoms with Gasteiger partial charge in [0.1, 0.15) is 5.75 Å². The maximum atomic E-state index is 5.85. The molecule has 0 aliphatic carbocycles. The number of nitrogens with two attached hydrogens (primary N) is 1. The molecule has 1 aliphatic heterocycles. The zero-order valence-corrected chi connectivity index (χ0v) is 13.7. The maximum Gasteiger partial charge on any atom is 0.133 e. The third-order valence-electron chi connectivity index (χ3n) is 3.62. The highest BCUT2D eigenvalue weighted by Gasteiger charge is 2.21. The molecule has 0 aromatic heterocycles. The van der Waals surface area contributed by atoms with Crippen molar-refractivity contribution in [3.63, 3.8) is 0 Å². The number of halogens is 2. The van der Waals surface area contributed by atoms with Crippen LogP contribution in [-0.4, -0.2) is 31.1 Å². The summed E-state index contributed by atoms with van der Waals surface area (Å²) < 4.78 is 6.27. The van der Waals surface area contributed by atoms with Gasteiger partial charge in [-0.25, -0.2) is 0 Å². The van der Waals surface area contributed by atoms with Crippen molar-refractivity contribution in [2.75, 3.05) is 20.2 Å². The lowest BCUT2D eigenvalue weighted by atomic mass is 10.0. The van der Waals surface area contributed by atoms with Crippen LogP contribution in [0.4, 0.5) is 0 Å². The third kappa shape index (κ3) is 4.35. The second-order valence-electron chi connectivity index (χ2n) is 4.82. The number of piperidine rings is 1. The second kappa shape index (κ2) is 8.10. The van der Waals surface area contributed by atoms with E-state index in [0.29, 0.717) is 6.04 Å². The van der Waals surface area contributed by atoms with Gasteiger partial charge in [0.2, 0.25) is 0 Å². The van der Waals surface area contributed by atoms with Crippen molar-refractivity contribution in [3.8, 4) is 5.75 Å². The molecule has 2 N–H and O–H groups in total. The normalized spacial score (nSPS) is 19.8. The molecule has 1 aliphatic rings. The molecule has 2 rings (SSSR count). The first kappa shape index (κ1) is 16.8. The van der Waals surface area contributed by atoms with Gasteiger partial charge in [-0.2, -0.15) is 0 Å². The number of nitrogens with zero attached hydrogens (tertiary/aromatic N) is 1. The lowest BCUT2D eigenvalue weighted by molar-refractivity contribution is 0.145. The predicted octanol–water partition coefficient (Wildman–Crippen LogP) is 3.19. The molecule has 1 saturated heterocycles. The molecular formula is C14H22BrClN2O. The SMILES string of the molecule is COc1ccc(CN2CCCCC2CN)cc1Br.Cl. The van der Waals surface area contributed by atoms with E-state index in [0.717, 1.165) is 29.9 Å². The van der Waals surface area contributed by atoms with E-state index in [9.17, 15) is 0 Å². The Balaban J connectivity index is 0.00000180. The monoisotopic (exact) mass is 348 g/mol. The van der Waals surface area contributed by atoms with Gasteiger partial charge in [-0.05, 0) is 53.0 Å². The zero-order valence-electron chi connectivity index (χ0n) is 11.3. The topological polar surface area (TPSA) is 38.5 Å². The summed E-state index contributed by atoms with van der Waals surface area (Å²) in [6, 6.07) is 6.83. The molecule has 0 amide bonds. The molecule has 108 valence electrons. The second-order valence-corrected chi connectivity index (χ2v) is 5.68. The first-order valence-corrected chi connectivity index (χ1v) is 7.30. The van der Waals surface area contributed by atoms with Crippen LogP contribution in [0, 0.1) is 0 Å². The summed E-state index contributed by atoms with van der Waals surface area (Å²) in [6.45, 7) is 2.90. The summed E-state index contributed by atoms with van der Waals surface area (Å²) in [4.78, 5) is 2.50. The Labute approximate surface area is 130 Å². The fourth-order valence-corrected chi connectivity index (χ4v) is 3.17. The number of benzene rings is 1. The Bertz CT molecular complexity index is 403. The highest BCUT2D eigenvalue weighted by molar-refractivity contribution is 9.10. The quantitative estimate of drug-likeness (QED) is 0.907. The Morgan fingerprint density at radius 1 is 1.42 bits per heavy atom. The summed E-state index contributed by atoms with van der Waals surface area (Å²) in [7, 11) is 1.69. The number of hydrogen-bond donors (Lipinski definition) is 1. The van der Waals surface area contributed by atoms with Crippen LogP contribution in [0.5, 0.6) is 5.75 Å². The van der Waals surface area contributed by atoms with Crippen LogP contribution in [0.15, 0.2) is 22.7 Å². The highest BCUT2D eigenvalue weighted by Crippen LogP contribution is 2.27. The van der Waals surface area contributed by atoms with Crippen molar-refractivity contribution in [3.05, 3.63) is 28.2 Å². The van der Waals surface area contributed by atoms with Crippen molar-refractivity contribution in [1.82, 2.24) is 4.90 Å². The summed E-state index contributed by atoms with van der Waals surface area (Å²) in [5.74, 6) is 0.882. The third-order valence-corrected chi connectivity index (χ3v) is 4.24. The van der Waals surface area contributed by atoms with Crippen molar-refractivity contribution < 1.29 is 4.74 Å². The Kier molecular flexibility index (Phi) is 7.15. The van der Waals surface area contributed by atoms with Gasteiger partial charge in [0, 0.05) is 19.1 Å². The predicted molar refractivity (Wildman–Crippen MR) is 85.0 cm³/mol. The average Bonchev–Trinajstić information content (AvgIpc) is 2.39. The van der Waals surface area contributed by atoms with E-state index in [4.69, 9.17) is 10.5 Å². The smallest absolute Gasteiger partial charge is 0.133 e. The van der Waals surface area contributed by atoms with Crippen molar-refractivity contribution in [1.29, 1.82) is 0 Å². The minimum absolute atomic E-state index is 0. The Hall–Kier alpha value is -0.290. The number of hydrogen-bond acceptors (Lipinski definition) is 3. The van der Waals surface area contributed by atoms with Gasteiger partial charge in [-0.15, -0.1) is 12.4 Å². The summed E-state index contributed by atoms with van der Waals surface area (Å²) in [5.41, 5.74) is 7.16. The van der Waals surface area contributed by atoms with Crippen LogP contribution >= 0.6 is 28.3 Å². The average molecular weight is 350 g/mol. The van der Waals surface area contributed by atoms with Crippen molar-refractivity contribution >= 4 is 28.3 Å². The van der Waals surface area contributed by atoms with Gasteiger partial charge in [0.15, 0.2) is 0 Å². The number of ether oxygens (including phenoxy) is 1. The molecule has 1 aromatic rings. The first-order chi connectivity index (χ1) is 8.74. The van der Waals surface area contributed by atoms with Gasteiger partial charge in [0.25, 0.3) is 0 Å². The molecule has 0 radical (unpaired) electrons. The number of likely N-dealkylation sites (tertiary alicyclic amines) is 1. The van der Waals surface area contributed by atoms with Crippen LogP contribution in [0.2, 0.25) is 0 Å². The largest absolute Gasteiger partial charge is 0.496 e. The molecule has 1 heterocycles. The standard InChI is InChI=1S/C14H21BrN2O.ClH/c1-18-14-6-5-11(8-13(14)15)10-17-7-3-2-4-12(17)9-16;/h5-6,8,12H,2-4,7,9-10,16H2,1H3;1H. The van der Waals surface area contributed by atoms with Crippen LogP contribution in [0.25, 0.3) is 0 Å². The molecule has 3 nitrogen and oxygen atoms in total. The summed E-state index contributed by atoms with van der Waals surface area (Å²) in [5, 5.41) is 0. The first-order valence-electron chi connectivity index (χ1n) is 6.51. The zero-order chi connectivity index (χ0) is 13.0. The molecule has 1 fully saturated rings. The van der Waals surface area contributed by atoms with Gasteiger partial charge >= 0.3 is 0 Å². The molecule has 0 bridgehead atoms. The van der Waals surface area contributed by atoms with E-state index in [1.165, 1.54) is 24.8 Å². The molecule has 0 saturated carbocycles. The summed E-state index contributed by atoms with van der Waals surface area (Å²) >= 11 is 3.54. The van der Waals surface area contributed by atoms with E-state index >= 15 is 0 Å². The summed E-state index contributed by atoms with van der Waals surface area (Å²) in [6.07, 6.45) is 3.83. The molecule has 0 spiro atoms. The molecule has 1 atom stereocenters. The van der Waals surface area contributed by atoms with Crippen LogP contribution in [0.1, 0.15) is 24.8 Å². The van der Waals surface area contributed by atoms with E-state index in [2.05, 4.69) is 33.0 Å².